The van der Waals surface area contributed by atoms with Crippen LogP contribution in [0.4, 0.5) is 4.39 Å². The van der Waals surface area contributed by atoms with Crippen molar-refractivity contribution in [1.82, 2.24) is 10.6 Å². The molecule has 4 nitrogen and oxygen atoms in total. The normalized spacial score (nSPS) is 11.6. The van der Waals surface area contributed by atoms with Crippen molar-refractivity contribution in [3.05, 3.63) is 48.0 Å². The van der Waals surface area contributed by atoms with Gasteiger partial charge in [0, 0.05) is 25.4 Å². The minimum atomic E-state index is -0.317. The number of amides is 1. The lowest BCUT2D eigenvalue weighted by atomic mass is 10.1. The highest BCUT2D eigenvalue weighted by Crippen LogP contribution is 2.25. The molecule has 1 heterocycles. The Morgan fingerprint density at radius 2 is 2.00 bits per heavy atom. The molecular weight excluding hydrogens is 319 g/mol. The Morgan fingerprint density at radius 1 is 1.26 bits per heavy atom. The van der Waals surface area contributed by atoms with Crippen LogP contribution in [0.2, 0.25) is 0 Å². The molecule has 2 rings (SSSR count). The fourth-order valence-corrected chi connectivity index (χ4v) is 2.01. The van der Waals surface area contributed by atoms with Crippen LogP contribution in [-0.2, 0) is 11.2 Å². The first-order chi connectivity index (χ1) is 10.6. The fourth-order valence-electron chi connectivity index (χ4n) is 2.01. The van der Waals surface area contributed by atoms with Crippen molar-refractivity contribution in [2.45, 2.75) is 25.8 Å². The zero-order chi connectivity index (χ0) is 15.9. The van der Waals surface area contributed by atoms with Crippen LogP contribution in [0.1, 0.15) is 19.1 Å². The average molecular weight is 341 g/mol. The Hall–Kier alpha value is -1.85. The summed E-state index contributed by atoms with van der Waals surface area (Å²) in [5.41, 5.74) is 0.432. The molecule has 0 radical (unpaired) electrons. The predicted octanol–water partition coefficient (Wildman–Crippen LogP) is 3.16. The maximum Gasteiger partial charge on any atom is 0.220 e. The smallest absolute Gasteiger partial charge is 0.220 e. The molecular formula is C17H22ClFN2O2. The molecule has 1 aromatic heterocycles. The lowest BCUT2D eigenvalue weighted by Gasteiger charge is -2.10. The van der Waals surface area contributed by atoms with Crippen LogP contribution in [0.15, 0.2) is 40.8 Å². The molecule has 0 fully saturated rings. The summed E-state index contributed by atoms with van der Waals surface area (Å²) in [6.07, 6.45) is 0.842. The topological polar surface area (TPSA) is 54.3 Å². The molecule has 23 heavy (non-hydrogen) atoms. The van der Waals surface area contributed by atoms with Gasteiger partial charge in [0.05, 0.1) is 5.56 Å². The SMILES string of the molecule is CNC(C)CNC(=O)CCc1ccc(-c2ccccc2F)o1.Cl. The second-order valence-corrected chi connectivity index (χ2v) is 5.24. The van der Waals surface area contributed by atoms with E-state index < -0.39 is 0 Å². The Balaban J connectivity index is 0.00000264. The molecule has 0 spiro atoms. The number of halogens is 2. The van der Waals surface area contributed by atoms with Gasteiger partial charge in [-0.25, -0.2) is 4.39 Å². The van der Waals surface area contributed by atoms with E-state index in [1.54, 1.807) is 30.3 Å². The van der Waals surface area contributed by atoms with Crippen LogP contribution in [-0.4, -0.2) is 25.5 Å². The Bertz CT molecular complexity index is 631. The third kappa shape index (κ3) is 5.69. The number of hydrogen-bond acceptors (Lipinski definition) is 3. The van der Waals surface area contributed by atoms with Gasteiger partial charge in [-0.05, 0) is 38.2 Å². The van der Waals surface area contributed by atoms with Gasteiger partial charge in [-0.15, -0.1) is 12.4 Å². The van der Waals surface area contributed by atoms with Crippen molar-refractivity contribution >= 4 is 18.3 Å². The van der Waals surface area contributed by atoms with Gasteiger partial charge < -0.3 is 15.1 Å². The molecule has 2 N–H and O–H groups in total. The number of rotatable bonds is 7. The van der Waals surface area contributed by atoms with Gasteiger partial charge in [0.15, 0.2) is 0 Å². The first-order valence-electron chi connectivity index (χ1n) is 7.37. The molecule has 0 aliphatic carbocycles. The van der Waals surface area contributed by atoms with E-state index in [1.807, 2.05) is 14.0 Å². The largest absolute Gasteiger partial charge is 0.461 e. The maximum atomic E-state index is 13.7. The van der Waals surface area contributed by atoms with Gasteiger partial charge in [-0.3, -0.25) is 4.79 Å². The van der Waals surface area contributed by atoms with Crippen LogP contribution in [0.25, 0.3) is 11.3 Å². The molecule has 1 aromatic carbocycles. The monoisotopic (exact) mass is 340 g/mol. The molecule has 126 valence electrons. The standard InChI is InChI=1S/C17H21FN2O2.ClH/c1-12(19-2)11-20-17(21)10-8-13-7-9-16(22-13)14-5-3-4-6-15(14)18;/h3-7,9,12,19H,8,10-11H2,1-2H3,(H,20,21);1H. The maximum absolute atomic E-state index is 13.7. The molecule has 0 aliphatic heterocycles. The molecule has 6 heteroatoms. The van der Waals surface area contributed by atoms with E-state index in [1.165, 1.54) is 6.07 Å². The van der Waals surface area contributed by atoms with Gasteiger partial charge in [0.1, 0.15) is 17.3 Å². The summed E-state index contributed by atoms with van der Waals surface area (Å²) < 4.78 is 19.3. The van der Waals surface area contributed by atoms with Gasteiger partial charge in [-0.2, -0.15) is 0 Å². The number of likely N-dealkylation sites (N-methyl/N-ethyl adjacent to an activating group) is 1. The molecule has 0 saturated carbocycles. The predicted molar refractivity (Wildman–Crippen MR) is 91.2 cm³/mol. The minimum absolute atomic E-state index is 0. The Morgan fingerprint density at radius 3 is 2.70 bits per heavy atom. The second-order valence-electron chi connectivity index (χ2n) is 5.24. The zero-order valence-corrected chi connectivity index (χ0v) is 14.1. The number of carbonyl (C=O) groups is 1. The van der Waals surface area contributed by atoms with Crippen molar-refractivity contribution in [2.75, 3.05) is 13.6 Å². The second kappa shape index (κ2) is 9.33. The van der Waals surface area contributed by atoms with Crippen LogP contribution in [0.3, 0.4) is 0 Å². The molecule has 1 amide bonds. The van der Waals surface area contributed by atoms with E-state index in [9.17, 15) is 9.18 Å². The van der Waals surface area contributed by atoms with E-state index in [2.05, 4.69) is 10.6 Å². The molecule has 0 bridgehead atoms. The van der Waals surface area contributed by atoms with Crippen LogP contribution >= 0.6 is 12.4 Å². The molecule has 0 saturated heterocycles. The summed E-state index contributed by atoms with van der Waals surface area (Å²) in [6, 6.07) is 10.2. The minimum Gasteiger partial charge on any atom is -0.461 e. The van der Waals surface area contributed by atoms with Crippen molar-refractivity contribution in [1.29, 1.82) is 0 Å². The number of benzene rings is 1. The van der Waals surface area contributed by atoms with Gasteiger partial charge >= 0.3 is 0 Å². The molecule has 0 aliphatic rings. The summed E-state index contributed by atoms with van der Waals surface area (Å²) in [6.45, 7) is 2.58. The zero-order valence-electron chi connectivity index (χ0n) is 13.3. The van der Waals surface area contributed by atoms with Crippen molar-refractivity contribution in [3.8, 4) is 11.3 Å². The Kier molecular flexibility index (Phi) is 7.78. The fraction of sp³-hybridized carbons (Fsp3) is 0.353. The van der Waals surface area contributed by atoms with E-state index in [0.29, 0.717) is 36.5 Å². The van der Waals surface area contributed by atoms with E-state index in [4.69, 9.17) is 4.42 Å². The molecule has 2 aromatic rings. The third-order valence-electron chi connectivity index (χ3n) is 3.50. The van der Waals surface area contributed by atoms with E-state index in [0.717, 1.165) is 0 Å². The summed E-state index contributed by atoms with van der Waals surface area (Å²) in [7, 11) is 1.85. The number of aryl methyl sites for hydroxylation is 1. The molecule has 1 atom stereocenters. The number of hydrogen-bond donors (Lipinski definition) is 2. The third-order valence-corrected chi connectivity index (χ3v) is 3.50. The average Bonchev–Trinajstić information content (AvgIpc) is 2.99. The van der Waals surface area contributed by atoms with Gasteiger partial charge in [-0.1, -0.05) is 12.1 Å². The highest BCUT2D eigenvalue weighted by molar-refractivity contribution is 5.85. The summed E-state index contributed by atoms with van der Waals surface area (Å²) in [4.78, 5) is 11.7. The van der Waals surface area contributed by atoms with Crippen LogP contribution < -0.4 is 10.6 Å². The number of nitrogens with one attached hydrogen (secondary N) is 2. The summed E-state index contributed by atoms with van der Waals surface area (Å²) in [5.74, 6) is 0.820. The van der Waals surface area contributed by atoms with Crippen molar-refractivity contribution in [2.24, 2.45) is 0 Å². The lowest BCUT2D eigenvalue weighted by Crippen LogP contribution is -2.37. The van der Waals surface area contributed by atoms with E-state index >= 15 is 0 Å². The van der Waals surface area contributed by atoms with Crippen LogP contribution in [0, 0.1) is 5.82 Å². The highest BCUT2D eigenvalue weighted by atomic mass is 35.5. The Labute approximate surface area is 141 Å². The highest BCUT2D eigenvalue weighted by Gasteiger charge is 2.10. The van der Waals surface area contributed by atoms with Gasteiger partial charge in [0.25, 0.3) is 0 Å². The molecule has 1 unspecified atom stereocenters. The summed E-state index contributed by atoms with van der Waals surface area (Å²) in [5, 5.41) is 5.90. The number of carbonyl (C=O) groups excluding carboxylic acids is 1. The van der Waals surface area contributed by atoms with Crippen molar-refractivity contribution < 1.29 is 13.6 Å². The first-order valence-corrected chi connectivity index (χ1v) is 7.37. The lowest BCUT2D eigenvalue weighted by molar-refractivity contribution is -0.121. The summed E-state index contributed by atoms with van der Waals surface area (Å²) >= 11 is 0. The van der Waals surface area contributed by atoms with Gasteiger partial charge in [0.2, 0.25) is 5.91 Å². The quantitative estimate of drug-likeness (QED) is 0.814. The first kappa shape index (κ1) is 19.2. The van der Waals surface area contributed by atoms with Crippen molar-refractivity contribution in [3.63, 3.8) is 0 Å². The van der Waals surface area contributed by atoms with Crippen LogP contribution in [0.5, 0.6) is 0 Å². The van der Waals surface area contributed by atoms with E-state index in [-0.39, 0.29) is 30.2 Å². The number of furan rings is 1.